The lowest BCUT2D eigenvalue weighted by Crippen LogP contribution is -2.30. The van der Waals surface area contributed by atoms with Gasteiger partial charge in [-0.05, 0) is 49.4 Å². The van der Waals surface area contributed by atoms with Crippen molar-refractivity contribution in [2.45, 2.75) is 32.3 Å². The van der Waals surface area contributed by atoms with E-state index < -0.39 is 6.10 Å². The van der Waals surface area contributed by atoms with Gasteiger partial charge in [-0.1, -0.05) is 6.07 Å². The predicted octanol–water partition coefficient (Wildman–Crippen LogP) is 1.29. The molecule has 0 bridgehead atoms. The molecule has 1 aliphatic carbocycles. The molecule has 16 heavy (non-hydrogen) atoms. The molecule has 1 aromatic carbocycles. The molecule has 2 rings (SSSR count). The molecule has 86 valence electrons. The SMILES string of the molecule is C[C@H](O)CNC(=O)c1ccc2c(c1)CCC2. The van der Waals surface area contributed by atoms with Crippen molar-refractivity contribution in [3.8, 4) is 0 Å². The molecular weight excluding hydrogens is 202 g/mol. The number of aliphatic hydroxyl groups excluding tert-OH is 1. The van der Waals surface area contributed by atoms with E-state index in [-0.39, 0.29) is 5.91 Å². The summed E-state index contributed by atoms with van der Waals surface area (Å²) in [7, 11) is 0. The molecule has 1 aromatic rings. The first-order valence-corrected chi connectivity index (χ1v) is 5.75. The summed E-state index contributed by atoms with van der Waals surface area (Å²) in [5.41, 5.74) is 3.36. The minimum Gasteiger partial charge on any atom is -0.392 e. The van der Waals surface area contributed by atoms with Crippen molar-refractivity contribution in [3.63, 3.8) is 0 Å². The normalized spacial score (nSPS) is 15.6. The Hall–Kier alpha value is -1.35. The monoisotopic (exact) mass is 219 g/mol. The van der Waals surface area contributed by atoms with Gasteiger partial charge in [0.05, 0.1) is 6.10 Å². The lowest BCUT2D eigenvalue weighted by atomic mass is 10.1. The number of benzene rings is 1. The second-order valence-electron chi connectivity index (χ2n) is 4.40. The van der Waals surface area contributed by atoms with Gasteiger partial charge >= 0.3 is 0 Å². The number of carbonyl (C=O) groups excluding carboxylic acids is 1. The highest BCUT2D eigenvalue weighted by atomic mass is 16.3. The third kappa shape index (κ3) is 2.42. The van der Waals surface area contributed by atoms with Crippen molar-refractivity contribution in [3.05, 3.63) is 34.9 Å². The topological polar surface area (TPSA) is 49.3 Å². The van der Waals surface area contributed by atoms with E-state index in [1.165, 1.54) is 17.5 Å². The van der Waals surface area contributed by atoms with Crippen molar-refractivity contribution < 1.29 is 9.90 Å². The number of amides is 1. The molecule has 1 amide bonds. The van der Waals surface area contributed by atoms with E-state index >= 15 is 0 Å². The second-order valence-corrected chi connectivity index (χ2v) is 4.40. The molecule has 0 fully saturated rings. The van der Waals surface area contributed by atoms with Crippen LogP contribution in [0.25, 0.3) is 0 Å². The number of fused-ring (bicyclic) bond motifs is 1. The largest absolute Gasteiger partial charge is 0.392 e. The highest BCUT2D eigenvalue weighted by Gasteiger charge is 2.13. The Morgan fingerprint density at radius 1 is 1.44 bits per heavy atom. The lowest BCUT2D eigenvalue weighted by Gasteiger charge is -2.08. The summed E-state index contributed by atoms with van der Waals surface area (Å²) in [5.74, 6) is -0.101. The zero-order valence-corrected chi connectivity index (χ0v) is 9.49. The quantitative estimate of drug-likeness (QED) is 0.804. The van der Waals surface area contributed by atoms with Crippen LogP contribution in [0.5, 0.6) is 0 Å². The molecule has 0 aliphatic heterocycles. The van der Waals surface area contributed by atoms with E-state index in [1.807, 2.05) is 18.2 Å². The van der Waals surface area contributed by atoms with Crippen LogP contribution in [0.2, 0.25) is 0 Å². The number of carbonyl (C=O) groups is 1. The Morgan fingerprint density at radius 3 is 2.94 bits per heavy atom. The Kier molecular flexibility index (Phi) is 3.25. The molecule has 1 atom stereocenters. The van der Waals surface area contributed by atoms with Crippen LogP contribution in [0.15, 0.2) is 18.2 Å². The summed E-state index contributed by atoms with van der Waals surface area (Å²) < 4.78 is 0. The molecule has 1 aliphatic rings. The van der Waals surface area contributed by atoms with Crippen LogP contribution in [0.4, 0.5) is 0 Å². The molecule has 3 nitrogen and oxygen atoms in total. The van der Waals surface area contributed by atoms with Crippen LogP contribution >= 0.6 is 0 Å². The Balaban J connectivity index is 2.06. The Morgan fingerprint density at radius 2 is 2.19 bits per heavy atom. The first-order chi connectivity index (χ1) is 7.66. The minimum absolute atomic E-state index is 0.101. The van der Waals surface area contributed by atoms with Crippen molar-refractivity contribution in [2.75, 3.05) is 6.54 Å². The highest BCUT2D eigenvalue weighted by molar-refractivity contribution is 5.94. The van der Waals surface area contributed by atoms with Gasteiger partial charge in [0.25, 0.3) is 5.91 Å². The summed E-state index contributed by atoms with van der Waals surface area (Å²) >= 11 is 0. The summed E-state index contributed by atoms with van der Waals surface area (Å²) in [4.78, 5) is 11.7. The van der Waals surface area contributed by atoms with E-state index in [4.69, 9.17) is 5.11 Å². The third-order valence-corrected chi connectivity index (χ3v) is 2.92. The summed E-state index contributed by atoms with van der Waals surface area (Å²) in [6, 6.07) is 5.88. The Bertz CT molecular complexity index is 399. The van der Waals surface area contributed by atoms with Crippen LogP contribution in [0.3, 0.4) is 0 Å². The number of hydrogen-bond donors (Lipinski definition) is 2. The number of rotatable bonds is 3. The van der Waals surface area contributed by atoms with E-state index in [2.05, 4.69) is 5.32 Å². The first-order valence-electron chi connectivity index (χ1n) is 5.75. The molecule has 0 saturated heterocycles. The minimum atomic E-state index is -0.502. The van der Waals surface area contributed by atoms with E-state index in [0.717, 1.165) is 12.8 Å². The van der Waals surface area contributed by atoms with Crippen LogP contribution in [0, 0.1) is 0 Å². The summed E-state index contributed by atoms with van der Waals surface area (Å²) in [5, 5.41) is 11.8. The van der Waals surface area contributed by atoms with Crippen LogP contribution in [-0.2, 0) is 12.8 Å². The highest BCUT2D eigenvalue weighted by Crippen LogP contribution is 2.22. The van der Waals surface area contributed by atoms with Gasteiger partial charge in [0.15, 0.2) is 0 Å². The van der Waals surface area contributed by atoms with Crippen molar-refractivity contribution in [1.82, 2.24) is 5.32 Å². The molecule has 0 saturated carbocycles. The van der Waals surface area contributed by atoms with E-state index in [9.17, 15) is 4.79 Å². The van der Waals surface area contributed by atoms with Gasteiger partial charge in [-0.2, -0.15) is 0 Å². The average Bonchev–Trinajstić information content (AvgIpc) is 2.72. The van der Waals surface area contributed by atoms with Gasteiger partial charge in [0.2, 0.25) is 0 Å². The molecular formula is C13H17NO2. The fourth-order valence-corrected chi connectivity index (χ4v) is 2.06. The lowest BCUT2D eigenvalue weighted by molar-refractivity contribution is 0.0924. The molecule has 0 spiro atoms. The summed E-state index contributed by atoms with van der Waals surface area (Å²) in [6.07, 6.45) is 2.89. The summed E-state index contributed by atoms with van der Waals surface area (Å²) in [6.45, 7) is 1.96. The van der Waals surface area contributed by atoms with Gasteiger partial charge in [0.1, 0.15) is 0 Å². The molecule has 0 aromatic heterocycles. The molecule has 0 radical (unpaired) electrons. The molecule has 3 heteroatoms. The second kappa shape index (κ2) is 4.66. The van der Waals surface area contributed by atoms with Gasteiger partial charge < -0.3 is 10.4 Å². The van der Waals surface area contributed by atoms with E-state index in [1.54, 1.807) is 6.92 Å². The van der Waals surface area contributed by atoms with Gasteiger partial charge in [-0.3, -0.25) is 4.79 Å². The third-order valence-electron chi connectivity index (χ3n) is 2.92. The fraction of sp³-hybridized carbons (Fsp3) is 0.462. The maximum Gasteiger partial charge on any atom is 0.251 e. The maximum absolute atomic E-state index is 11.7. The zero-order chi connectivity index (χ0) is 11.5. The fourth-order valence-electron chi connectivity index (χ4n) is 2.06. The standard InChI is InChI=1S/C13H17NO2/c1-9(15)8-14-13(16)12-6-5-10-3-2-4-11(10)7-12/h5-7,9,15H,2-4,8H2,1H3,(H,14,16)/t9-/m0/s1. The Labute approximate surface area is 95.5 Å². The predicted molar refractivity (Wildman–Crippen MR) is 62.5 cm³/mol. The van der Waals surface area contributed by atoms with Crippen LogP contribution in [-0.4, -0.2) is 23.7 Å². The van der Waals surface area contributed by atoms with Gasteiger partial charge in [-0.25, -0.2) is 0 Å². The first kappa shape index (κ1) is 11.1. The molecule has 0 unspecified atom stereocenters. The van der Waals surface area contributed by atoms with Crippen LogP contribution in [0.1, 0.15) is 34.8 Å². The maximum atomic E-state index is 11.7. The molecule has 0 heterocycles. The van der Waals surface area contributed by atoms with Crippen molar-refractivity contribution in [2.24, 2.45) is 0 Å². The smallest absolute Gasteiger partial charge is 0.251 e. The average molecular weight is 219 g/mol. The number of aryl methyl sites for hydroxylation is 2. The number of hydrogen-bond acceptors (Lipinski definition) is 2. The number of nitrogens with one attached hydrogen (secondary N) is 1. The molecule has 2 N–H and O–H groups in total. The van der Waals surface area contributed by atoms with Crippen molar-refractivity contribution >= 4 is 5.91 Å². The van der Waals surface area contributed by atoms with Gasteiger partial charge in [-0.15, -0.1) is 0 Å². The van der Waals surface area contributed by atoms with Crippen molar-refractivity contribution in [1.29, 1.82) is 0 Å². The van der Waals surface area contributed by atoms with E-state index in [0.29, 0.717) is 12.1 Å². The zero-order valence-electron chi connectivity index (χ0n) is 9.49. The van der Waals surface area contributed by atoms with Gasteiger partial charge in [0, 0.05) is 12.1 Å². The number of aliphatic hydroxyl groups is 1. The van der Waals surface area contributed by atoms with Crippen LogP contribution < -0.4 is 5.32 Å².